The molecule has 3 nitrogen and oxygen atoms in total. The number of carbonyl (C=O) groups is 1. The SMILES string of the molecule is O=C(c1cc2ccccc2o1)N1CCCCC(c2ccc(Cl)cc2)C1. The molecular weight excluding hydrogens is 334 g/mol. The Morgan fingerprint density at radius 3 is 2.68 bits per heavy atom. The topological polar surface area (TPSA) is 33.5 Å². The molecule has 0 bridgehead atoms. The number of amides is 1. The van der Waals surface area contributed by atoms with Crippen molar-refractivity contribution in [3.63, 3.8) is 0 Å². The van der Waals surface area contributed by atoms with Crippen LogP contribution in [-0.4, -0.2) is 23.9 Å². The number of halogens is 1. The zero-order chi connectivity index (χ0) is 17.2. The van der Waals surface area contributed by atoms with Crippen LogP contribution in [0.3, 0.4) is 0 Å². The lowest BCUT2D eigenvalue weighted by Crippen LogP contribution is -2.33. The van der Waals surface area contributed by atoms with Crippen LogP contribution in [0.15, 0.2) is 59.0 Å². The van der Waals surface area contributed by atoms with Crippen molar-refractivity contribution in [2.24, 2.45) is 0 Å². The van der Waals surface area contributed by atoms with E-state index in [9.17, 15) is 4.79 Å². The van der Waals surface area contributed by atoms with E-state index in [0.29, 0.717) is 11.7 Å². The summed E-state index contributed by atoms with van der Waals surface area (Å²) in [5.41, 5.74) is 2.00. The third-order valence-electron chi connectivity index (χ3n) is 4.94. The minimum atomic E-state index is -0.0166. The molecule has 1 aliphatic heterocycles. The van der Waals surface area contributed by atoms with E-state index in [1.54, 1.807) is 0 Å². The summed E-state index contributed by atoms with van der Waals surface area (Å²) in [6, 6.07) is 17.6. The molecule has 4 rings (SSSR count). The van der Waals surface area contributed by atoms with Crippen LogP contribution in [0.1, 0.15) is 41.3 Å². The molecule has 4 heteroatoms. The first-order valence-corrected chi connectivity index (χ1v) is 9.12. The van der Waals surface area contributed by atoms with Crippen molar-refractivity contribution in [2.75, 3.05) is 13.1 Å². The van der Waals surface area contributed by atoms with Crippen LogP contribution in [0.25, 0.3) is 11.0 Å². The Kier molecular flexibility index (Phi) is 4.50. The molecule has 128 valence electrons. The highest BCUT2D eigenvalue weighted by atomic mass is 35.5. The average Bonchev–Trinajstić information content (AvgIpc) is 2.92. The van der Waals surface area contributed by atoms with Crippen molar-refractivity contribution in [3.8, 4) is 0 Å². The van der Waals surface area contributed by atoms with Gasteiger partial charge >= 0.3 is 0 Å². The predicted octanol–water partition coefficient (Wildman–Crippen LogP) is 5.50. The van der Waals surface area contributed by atoms with Crippen LogP contribution < -0.4 is 0 Å². The van der Waals surface area contributed by atoms with Crippen molar-refractivity contribution in [3.05, 3.63) is 70.9 Å². The van der Waals surface area contributed by atoms with Crippen LogP contribution in [0.2, 0.25) is 5.02 Å². The van der Waals surface area contributed by atoms with Gasteiger partial charge in [0, 0.05) is 29.4 Å². The second-order valence-electron chi connectivity index (χ2n) is 6.64. The van der Waals surface area contributed by atoms with Crippen LogP contribution in [0.5, 0.6) is 0 Å². The van der Waals surface area contributed by atoms with Crippen molar-refractivity contribution in [2.45, 2.75) is 25.2 Å². The van der Waals surface area contributed by atoms with Crippen LogP contribution in [0, 0.1) is 0 Å². The third kappa shape index (κ3) is 3.42. The molecule has 0 aliphatic carbocycles. The molecule has 1 aliphatic rings. The lowest BCUT2D eigenvalue weighted by atomic mass is 9.94. The molecule has 0 N–H and O–H groups in total. The minimum Gasteiger partial charge on any atom is -0.451 e. The Morgan fingerprint density at radius 1 is 1.08 bits per heavy atom. The number of nitrogens with zero attached hydrogens (tertiary/aromatic N) is 1. The molecule has 0 radical (unpaired) electrons. The van der Waals surface area contributed by atoms with E-state index in [4.69, 9.17) is 16.0 Å². The standard InChI is InChI=1S/C21H20ClNO2/c22-18-10-8-15(9-11-18)17-6-3-4-12-23(14-17)21(24)20-13-16-5-1-2-7-19(16)25-20/h1-2,5,7-11,13,17H,3-4,6,12,14H2. The second-order valence-corrected chi connectivity index (χ2v) is 7.08. The summed E-state index contributed by atoms with van der Waals surface area (Å²) < 4.78 is 5.77. The van der Waals surface area contributed by atoms with E-state index in [1.165, 1.54) is 5.56 Å². The Labute approximate surface area is 152 Å². The summed E-state index contributed by atoms with van der Waals surface area (Å²) in [6.07, 6.45) is 3.23. The van der Waals surface area contributed by atoms with Crippen LogP contribution in [-0.2, 0) is 0 Å². The number of hydrogen-bond acceptors (Lipinski definition) is 2. The highest BCUT2D eigenvalue weighted by Gasteiger charge is 2.26. The van der Waals surface area contributed by atoms with E-state index in [-0.39, 0.29) is 5.91 Å². The summed E-state index contributed by atoms with van der Waals surface area (Å²) in [6.45, 7) is 1.50. The van der Waals surface area contributed by atoms with E-state index in [0.717, 1.165) is 48.3 Å². The van der Waals surface area contributed by atoms with E-state index in [2.05, 4.69) is 12.1 Å². The summed E-state index contributed by atoms with van der Waals surface area (Å²) in [4.78, 5) is 14.9. The molecule has 3 aromatic rings. The lowest BCUT2D eigenvalue weighted by Gasteiger charge is -2.24. The van der Waals surface area contributed by atoms with E-state index < -0.39 is 0 Å². The summed E-state index contributed by atoms with van der Waals surface area (Å²) in [5.74, 6) is 0.753. The van der Waals surface area contributed by atoms with Crippen molar-refractivity contribution in [1.29, 1.82) is 0 Å². The first kappa shape index (κ1) is 16.2. The fourth-order valence-corrected chi connectivity index (χ4v) is 3.70. The fraction of sp³-hybridized carbons (Fsp3) is 0.286. The van der Waals surface area contributed by atoms with Gasteiger partial charge in [-0.05, 0) is 42.7 Å². The molecular formula is C21H20ClNO2. The highest BCUT2D eigenvalue weighted by molar-refractivity contribution is 6.30. The summed E-state index contributed by atoms with van der Waals surface area (Å²) in [7, 11) is 0. The van der Waals surface area contributed by atoms with Gasteiger partial charge in [-0.2, -0.15) is 0 Å². The zero-order valence-electron chi connectivity index (χ0n) is 14.0. The molecule has 0 saturated carbocycles. The molecule has 1 amide bonds. The Morgan fingerprint density at radius 2 is 1.88 bits per heavy atom. The second kappa shape index (κ2) is 6.93. The molecule has 1 fully saturated rings. The first-order valence-electron chi connectivity index (χ1n) is 8.74. The van der Waals surface area contributed by atoms with Crippen molar-refractivity contribution < 1.29 is 9.21 Å². The van der Waals surface area contributed by atoms with Gasteiger partial charge in [-0.15, -0.1) is 0 Å². The van der Waals surface area contributed by atoms with E-state index in [1.807, 2.05) is 47.4 Å². The first-order chi connectivity index (χ1) is 12.2. The number of para-hydroxylation sites is 1. The van der Waals surface area contributed by atoms with Gasteiger partial charge in [0.05, 0.1) is 0 Å². The van der Waals surface area contributed by atoms with Gasteiger partial charge in [0.1, 0.15) is 5.58 Å². The largest absolute Gasteiger partial charge is 0.451 e. The Balaban J connectivity index is 1.57. The number of rotatable bonds is 2. The van der Waals surface area contributed by atoms with Gasteiger partial charge in [-0.3, -0.25) is 4.79 Å². The van der Waals surface area contributed by atoms with Gasteiger partial charge < -0.3 is 9.32 Å². The van der Waals surface area contributed by atoms with Gasteiger partial charge in [-0.25, -0.2) is 0 Å². The number of furan rings is 1. The molecule has 0 spiro atoms. The van der Waals surface area contributed by atoms with Crippen molar-refractivity contribution >= 4 is 28.5 Å². The Bertz CT molecular complexity index is 851. The number of likely N-dealkylation sites (tertiary alicyclic amines) is 1. The number of hydrogen-bond donors (Lipinski definition) is 0. The normalized spacial score (nSPS) is 18.3. The minimum absolute atomic E-state index is 0.0166. The zero-order valence-corrected chi connectivity index (χ0v) is 14.7. The lowest BCUT2D eigenvalue weighted by molar-refractivity contribution is 0.0725. The maximum atomic E-state index is 13.0. The molecule has 2 aromatic carbocycles. The van der Waals surface area contributed by atoms with Gasteiger partial charge in [0.2, 0.25) is 0 Å². The molecule has 1 aromatic heterocycles. The predicted molar refractivity (Wildman–Crippen MR) is 100 cm³/mol. The fourth-order valence-electron chi connectivity index (χ4n) is 3.58. The van der Waals surface area contributed by atoms with Crippen molar-refractivity contribution in [1.82, 2.24) is 4.90 Å². The third-order valence-corrected chi connectivity index (χ3v) is 5.19. The smallest absolute Gasteiger partial charge is 0.289 e. The number of benzene rings is 2. The average molecular weight is 354 g/mol. The molecule has 1 saturated heterocycles. The van der Waals surface area contributed by atoms with Crippen LogP contribution in [0.4, 0.5) is 0 Å². The highest BCUT2D eigenvalue weighted by Crippen LogP contribution is 2.29. The maximum absolute atomic E-state index is 13.0. The number of carbonyl (C=O) groups excluding carboxylic acids is 1. The van der Waals surface area contributed by atoms with Gasteiger partial charge in [-0.1, -0.05) is 48.4 Å². The molecule has 2 heterocycles. The van der Waals surface area contributed by atoms with Gasteiger partial charge in [0.25, 0.3) is 5.91 Å². The molecule has 1 atom stereocenters. The quantitative estimate of drug-likeness (QED) is 0.609. The molecule has 25 heavy (non-hydrogen) atoms. The van der Waals surface area contributed by atoms with Gasteiger partial charge in [0.15, 0.2) is 5.76 Å². The monoisotopic (exact) mass is 353 g/mol. The number of fused-ring (bicyclic) bond motifs is 1. The van der Waals surface area contributed by atoms with E-state index >= 15 is 0 Å². The van der Waals surface area contributed by atoms with Crippen LogP contribution >= 0.6 is 11.6 Å². The summed E-state index contributed by atoms with van der Waals surface area (Å²) >= 11 is 6.00. The maximum Gasteiger partial charge on any atom is 0.289 e. The Hall–Kier alpha value is -2.26. The summed E-state index contributed by atoms with van der Waals surface area (Å²) in [5, 5.41) is 1.71. The molecule has 1 unspecified atom stereocenters.